The maximum absolute atomic E-state index is 13.4. The number of aromatic nitrogens is 1. The van der Waals surface area contributed by atoms with Gasteiger partial charge in [0.1, 0.15) is 5.82 Å². The monoisotopic (exact) mass is 387 g/mol. The molecule has 2 heterocycles. The number of rotatable bonds is 6. The van der Waals surface area contributed by atoms with Gasteiger partial charge in [0.15, 0.2) is 0 Å². The van der Waals surface area contributed by atoms with Crippen LogP contribution in [0.5, 0.6) is 0 Å². The minimum absolute atomic E-state index is 0.190. The summed E-state index contributed by atoms with van der Waals surface area (Å²) in [6.45, 7) is 6.73. The topological polar surface area (TPSA) is 62.3 Å². The lowest BCUT2D eigenvalue weighted by molar-refractivity contribution is 0.256. The first-order valence-electron chi connectivity index (χ1n) is 9.73. The zero-order chi connectivity index (χ0) is 19.4. The number of nitrogens with zero attached hydrogens (tertiary/aromatic N) is 2. The van der Waals surface area contributed by atoms with Crippen molar-refractivity contribution < 1.29 is 8.42 Å². The number of aryl methyl sites for hydroxylation is 1. The Morgan fingerprint density at radius 2 is 1.96 bits per heavy atom. The van der Waals surface area contributed by atoms with E-state index in [4.69, 9.17) is 0 Å². The van der Waals surface area contributed by atoms with Gasteiger partial charge in [-0.05, 0) is 51.3 Å². The first-order chi connectivity index (χ1) is 12.9. The molecule has 0 aliphatic carbocycles. The van der Waals surface area contributed by atoms with Crippen molar-refractivity contribution in [1.29, 1.82) is 0 Å². The van der Waals surface area contributed by atoms with Crippen molar-refractivity contribution in [2.24, 2.45) is 0 Å². The largest absolute Gasteiger partial charge is 0.367 e. The molecule has 1 saturated heterocycles. The Morgan fingerprint density at radius 3 is 2.67 bits per heavy atom. The molecule has 0 radical (unpaired) electrons. The van der Waals surface area contributed by atoms with Crippen molar-refractivity contribution in [2.75, 3.05) is 11.9 Å². The summed E-state index contributed by atoms with van der Waals surface area (Å²) in [6.07, 6.45) is 5.45. The molecule has 1 aliphatic heterocycles. The molecule has 27 heavy (non-hydrogen) atoms. The minimum Gasteiger partial charge on any atom is -0.367 e. The number of nitrogens with one attached hydrogen (secondary N) is 1. The molecule has 5 nitrogen and oxygen atoms in total. The van der Waals surface area contributed by atoms with E-state index in [0.29, 0.717) is 11.4 Å². The van der Waals surface area contributed by atoms with E-state index in [-0.39, 0.29) is 12.1 Å². The smallest absolute Gasteiger partial charge is 0.243 e. The van der Waals surface area contributed by atoms with Gasteiger partial charge in [-0.3, -0.25) is 0 Å². The average Bonchev–Trinajstić information content (AvgIpc) is 2.68. The summed E-state index contributed by atoms with van der Waals surface area (Å²) in [5.41, 5.74) is 2.02. The van der Waals surface area contributed by atoms with Crippen LogP contribution in [-0.4, -0.2) is 30.3 Å². The molecule has 1 aromatic heterocycles. The molecular weight excluding hydrogens is 358 g/mol. The molecule has 1 N–H and O–H groups in total. The van der Waals surface area contributed by atoms with Gasteiger partial charge >= 0.3 is 0 Å². The fourth-order valence-electron chi connectivity index (χ4n) is 3.49. The zero-order valence-corrected chi connectivity index (χ0v) is 17.2. The normalized spacial score (nSPS) is 19.6. The summed E-state index contributed by atoms with van der Waals surface area (Å²) >= 11 is 0. The lowest BCUT2D eigenvalue weighted by atomic mass is 9.97. The van der Waals surface area contributed by atoms with Crippen molar-refractivity contribution in [2.45, 2.75) is 63.4 Å². The van der Waals surface area contributed by atoms with Crippen LogP contribution in [0.2, 0.25) is 0 Å². The molecule has 1 fully saturated rings. The zero-order valence-electron chi connectivity index (χ0n) is 16.4. The Kier molecular flexibility index (Phi) is 6.17. The highest BCUT2D eigenvalue weighted by Crippen LogP contribution is 2.38. The van der Waals surface area contributed by atoms with Crippen molar-refractivity contribution in [3.63, 3.8) is 0 Å². The van der Waals surface area contributed by atoms with Crippen LogP contribution in [0.15, 0.2) is 47.5 Å². The summed E-state index contributed by atoms with van der Waals surface area (Å²) in [5.74, 6) is 0.794. The molecule has 0 amide bonds. The quantitative estimate of drug-likeness (QED) is 0.792. The van der Waals surface area contributed by atoms with E-state index < -0.39 is 10.0 Å². The third-order valence-electron chi connectivity index (χ3n) is 5.27. The van der Waals surface area contributed by atoms with Crippen LogP contribution >= 0.6 is 0 Å². The van der Waals surface area contributed by atoms with E-state index in [1.54, 1.807) is 22.6 Å². The van der Waals surface area contributed by atoms with Gasteiger partial charge in [0.2, 0.25) is 10.0 Å². The molecule has 0 bridgehead atoms. The van der Waals surface area contributed by atoms with Crippen LogP contribution in [0.4, 0.5) is 5.82 Å². The highest BCUT2D eigenvalue weighted by molar-refractivity contribution is 7.89. The molecule has 1 aliphatic rings. The fraction of sp³-hybridized carbons (Fsp3) is 0.476. The molecule has 3 rings (SSSR count). The number of anilines is 1. The van der Waals surface area contributed by atoms with Crippen LogP contribution in [0.1, 0.15) is 56.7 Å². The Morgan fingerprint density at radius 1 is 1.22 bits per heavy atom. The lowest BCUT2D eigenvalue weighted by Crippen LogP contribution is -2.39. The molecule has 2 aromatic rings. The van der Waals surface area contributed by atoms with E-state index in [1.165, 1.54) is 0 Å². The Balaban J connectivity index is 1.98. The summed E-state index contributed by atoms with van der Waals surface area (Å²) in [7, 11) is -3.55. The van der Waals surface area contributed by atoms with Crippen LogP contribution in [-0.2, 0) is 10.0 Å². The van der Waals surface area contributed by atoms with Crippen LogP contribution in [0, 0.1) is 6.92 Å². The molecule has 0 spiro atoms. The van der Waals surface area contributed by atoms with Gasteiger partial charge in [0.05, 0.1) is 10.9 Å². The summed E-state index contributed by atoms with van der Waals surface area (Å²) in [4.78, 5) is 4.87. The Bertz CT molecular complexity index is 865. The van der Waals surface area contributed by atoms with Gasteiger partial charge in [-0.2, -0.15) is 4.31 Å². The highest BCUT2D eigenvalue weighted by atomic mass is 32.2. The number of piperidine rings is 1. The maximum Gasteiger partial charge on any atom is 0.243 e. The van der Waals surface area contributed by atoms with Gasteiger partial charge in [0.25, 0.3) is 0 Å². The molecule has 2 atom stereocenters. The van der Waals surface area contributed by atoms with E-state index in [9.17, 15) is 8.42 Å². The van der Waals surface area contributed by atoms with Gasteiger partial charge in [0, 0.05) is 24.3 Å². The highest BCUT2D eigenvalue weighted by Gasteiger charge is 2.35. The van der Waals surface area contributed by atoms with Crippen molar-refractivity contribution in [3.8, 4) is 0 Å². The first kappa shape index (κ1) is 19.8. The SMILES string of the molecule is CC[C@H](C)Nc1ncccc1[C@@H]1CCCCN1S(=O)(=O)c1ccc(C)cc1. The van der Waals surface area contributed by atoms with Crippen LogP contribution in [0.3, 0.4) is 0 Å². The fourth-order valence-corrected chi connectivity index (χ4v) is 5.17. The van der Waals surface area contributed by atoms with Gasteiger partial charge < -0.3 is 5.32 Å². The molecule has 1 aromatic carbocycles. The van der Waals surface area contributed by atoms with E-state index in [2.05, 4.69) is 24.1 Å². The minimum atomic E-state index is -3.55. The number of benzene rings is 1. The average molecular weight is 388 g/mol. The maximum atomic E-state index is 13.4. The third-order valence-corrected chi connectivity index (χ3v) is 7.20. The number of hydrogen-bond acceptors (Lipinski definition) is 4. The molecule has 0 saturated carbocycles. The molecule has 6 heteroatoms. The van der Waals surface area contributed by atoms with Gasteiger partial charge in [-0.1, -0.05) is 37.1 Å². The van der Waals surface area contributed by atoms with E-state index in [0.717, 1.165) is 42.6 Å². The molecule has 146 valence electrons. The molecular formula is C21H29N3O2S. The predicted octanol–water partition coefficient (Wildman–Crippen LogP) is 4.52. The van der Waals surface area contributed by atoms with Crippen molar-refractivity contribution >= 4 is 15.8 Å². The second-order valence-corrected chi connectivity index (χ2v) is 9.23. The lowest BCUT2D eigenvalue weighted by Gasteiger charge is -2.36. The van der Waals surface area contributed by atoms with Crippen molar-refractivity contribution in [3.05, 3.63) is 53.7 Å². The van der Waals surface area contributed by atoms with E-state index in [1.807, 2.05) is 31.2 Å². The summed E-state index contributed by atoms with van der Waals surface area (Å²) < 4.78 is 28.4. The Hall–Kier alpha value is -1.92. The van der Waals surface area contributed by atoms with Crippen molar-refractivity contribution in [1.82, 2.24) is 9.29 Å². The van der Waals surface area contributed by atoms with Gasteiger partial charge in [-0.15, -0.1) is 0 Å². The van der Waals surface area contributed by atoms with Crippen LogP contribution < -0.4 is 5.32 Å². The second-order valence-electron chi connectivity index (χ2n) is 7.34. The number of hydrogen-bond donors (Lipinski definition) is 1. The predicted molar refractivity (Wildman–Crippen MR) is 109 cm³/mol. The van der Waals surface area contributed by atoms with Gasteiger partial charge in [-0.25, -0.2) is 13.4 Å². The Labute approximate surface area is 162 Å². The first-order valence-corrected chi connectivity index (χ1v) is 11.2. The third kappa shape index (κ3) is 4.33. The second kappa shape index (κ2) is 8.40. The standard InChI is InChI=1S/C21H29N3O2S/c1-4-17(3)23-21-19(8-7-14-22-21)20-9-5-6-15-24(20)27(25,26)18-12-10-16(2)11-13-18/h7-8,10-14,17,20H,4-6,9,15H2,1-3H3,(H,22,23)/t17-,20-/m0/s1. The summed E-state index contributed by atoms with van der Waals surface area (Å²) in [5, 5.41) is 3.44. The van der Waals surface area contributed by atoms with E-state index >= 15 is 0 Å². The number of pyridine rings is 1. The molecule has 0 unspecified atom stereocenters. The van der Waals surface area contributed by atoms with Crippen LogP contribution in [0.25, 0.3) is 0 Å². The summed E-state index contributed by atoms with van der Waals surface area (Å²) in [6, 6.07) is 11.1. The number of sulfonamides is 1.